The Morgan fingerprint density at radius 1 is 0.339 bits per heavy atom. The highest BCUT2D eigenvalue weighted by Crippen LogP contribution is 2.16. The molecule has 4 aromatic rings. The number of carbonyl (C=O) groups is 4. The van der Waals surface area contributed by atoms with Gasteiger partial charge in [-0.25, -0.2) is 19.2 Å². The van der Waals surface area contributed by atoms with Gasteiger partial charge in [-0.1, -0.05) is 121 Å². The standard InChI is InChI=1S/C44H56N8O4/c1-33(37-17-9-5-10-18-37)45-41(53)49-25-27-50(42(54)46-34(2)38-19-11-6-12-20-38)29-31-52(44(56)48-36(4)40-23-15-8-16-24-40)32-30-51(28-26-49)43(55)47-35(3)39-21-13-7-14-22-39/h5-24,33-36H,25-32H2,1-4H3,(H,45,53)(H,46,54)(H,47,55)(H,48,56)/t33-,34-,35-,36-/m0/s1. The molecular formula is C44H56N8O4. The highest BCUT2D eigenvalue weighted by molar-refractivity contribution is 5.78. The minimum absolute atomic E-state index is 0.202. The lowest BCUT2D eigenvalue weighted by molar-refractivity contribution is 0.140. The van der Waals surface area contributed by atoms with E-state index < -0.39 is 0 Å². The average Bonchev–Trinajstić information content (AvgIpc) is 3.22. The zero-order chi connectivity index (χ0) is 39.9. The number of nitrogens with zero attached hydrogens (tertiary/aromatic N) is 4. The molecule has 0 bridgehead atoms. The minimum Gasteiger partial charge on any atom is -0.331 e. The molecule has 4 aromatic carbocycles. The first-order chi connectivity index (χ1) is 27.1. The molecule has 8 amide bonds. The van der Waals surface area contributed by atoms with Gasteiger partial charge in [0.05, 0.1) is 24.2 Å². The van der Waals surface area contributed by atoms with Crippen molar-refractivity contribution in [2.45, 2.75) is 51.9 Å². The zero-order valence-corrected chi connectivity index (χ0v) is 32.9. The molecule has 0 saturated carbocycles. The third-order valence-corrected chi connectivity index (χ3v) is 10.3. The van der Waals surface area contributed by atoms with Gasteiger partial charge in [-0.2, -0.15) is 0 Å². The molecule has 0 spiro atoms. The van der Waals surface area contributed by atoms with E-state index in [9.17, 15) is 19.2 Å². The molecule has 4 atom stereocenters. The third kappa shape index (κ3) is 12.0. The van der Waals surface area contributed by atoms with Crippen LogP contribution in [-0.2, 0) is 0 Å². The van der Waals surface area contributed by atoms with Gasteiger partial charge in [0.2, 0.25) is 0 Å². The van der Waals surface area contributed by atoms with Crippen molar-refractivity contribution in [3.63, 3.8) is 0 Å². The van der Waals surface area contributed by atoms with Crippen molar-refractivity contribution >= 4 is 24.1 Å². The zero-order valence-electron chi connectivity index (χ0n) is 32.9. The Hall–Kier alpha value is -6.04. The van der Waals surface area contributed by atoms with E-state index in [4.69, 9.17) is 0 Å². The lowest BCUT2D eigenvalue weighted by atomic mass is 10.1. The molecule has 12 heteroatoms. The molecule has 1 saturated heterocycles. The normalized spacial score (nSPS) is 16.2. The quantitative estimate of drug-likeness (QED) is 0.153. The Bertz CT molecular complexity index is 1550. The van der Waals surface area contributed by atoms with E-state index >= 15 is 0 Å². The Kier molecular flexibility index (Phi) is 15.1. The van der Waals surface area contributed by atoms with Crippen molar-refractivity contribution in [2.24, 2.45) is 0 Å². The van der Waals surface area contributed by atoms with Crippen LogP contribution in [0.25, 0.3) is 0 Å². The molecule has 296 valence electrons. The van der Waals surface area contributed by atoms with Crippen LogP contribution in [-0.4, -0.2) is 96.1 Å². The maximum Gasteiger partial charge on any atom is 0.317 e. The maximum atomic E-state index is 14.0. The van der Waals surface area contributed by atoms with Crippen LogP contribution in [0, 0.1) is 0 Å². The molecule has 1 fully saturated rings. The molecule has 1 heterocycles. The highest BCUT2D eigenvalue weighted by atomic mass is 16.2. The number of benzene rings is 4. The van der Waals surface area contributed by atoms with Crippen LogP contribution in [0.4, 0.5) is 19.2 Å². The number of hydrogen-bond acceptors (Lipinski definition) is 4. The molecule has 56 heavy (non-hydrogen) atoms. The molecule has 0 radical (unpaired) electrons. The molecule has 5 rings (SSSR count). The van der Waals surface area contributed by atoms with Crippen LogP contribution >= 0.6 is 0 Å². The van der Waals surface area contributed by atoms with Gasteiger partial charge < -0.3 is 40.9 Å². The first-order valence-corrected chi connectivity index (χ1v) is 19.5. The fourth-order valence-electron chi connectivity index (χ4n) is 6.63. The molecule has 0 aromatic heterocycles. The van der Waals surface area contributed by atoms with Gasteiger partial charge in [0.25, 0.3) is 0 Å². The van der Waals surface area contributed by atoms with E-state index in [2.05, 4.69) is 21.3 Å². The molecule has 1 aliphatic heterocycles. The summed E-state index contributed by atoms with van der Waals surface area (Å²) in [6.45, 7) is 9.33. The SMILES string of the molecule is C[C@H](NC(=O)N1CCN(C(=O)N[C@@H](C)c2ccccc2)CCN(C(=O)N[C@@H](C)c2ccccc2)CCN(C(=O)N[C@@H](C)c2ccccc2)CC1)c1ccccc1. The number of urea groups is 4. The van der Waals surface area contributed by atoms with E-state index in [1.807, 2.05) is 149 Å². The van der Waals surface area contributed by atoms with Gasteiger partial charge in [-0.3, -0.25) is 0 Å². The summed E-state index contributed by atoms with van der Waals surface area (Å²) in [7, 11) is 0. The van der Waals surface area contributed by atoms with Gasteiger partial charge in [0.15, 0.2) is 0 Å². The van der Waals surface area contributed by atoms with Gasteiger partial charge in [-0.15, -0.1) is 0 Å². The Labute approximate surface area is 331 Å². The van der Waals surface area contributed by atoms with Gasteiger partial charge in [0, 0.05) is 52.4 Å². The van der Waals surface area contributed by atoms with E-state index in [0.29, 0.717) is 0 Å². The van der Waals surface area contributed by atoms with Crippen LogP contribution < -0.4 is 21.3 Å². The number of hydrogen-bond donors (Lipinski definition) is 4. The maximum absolute atomic E-state index is 14.0. The van der Waals surface area contributed by atoms with Crippen molar-refractivity contribution < 1.29 is 19.2 Å². The molecule has 4 N–H and O–H groups in total. The summed E-state index contributed by atoms with van der Waals surface area (Å²) in [6, 6.07) is 36.6. The molecule has 0 unspecified atom stereocenters. The second-order valence-electron chi connectivity index (χ2n) is 14.3. The summed E-state index contributed by atoms with van der Waals surface area (Å²) in [5, 5.41) is 12.5. The Balaban J connectivity index is 1.39. The van der Waals surface area contributed by atoms with Crippen LogP contribution in [0.15, 0.2) is 121 Å². The monoisotopic (exact) mass is 760 g/mol. The molecular weight excluding hydrogens is 705 g/mol. The molecule has 12 nitrogen and oxygen atoms in total. The Morgan fingerprint density at radius 3 is 0.661 bits per heavy atom. The fourth-order valence-corrected chi connectivity index (χ4v) is 6.63. The van der Waals surface area contributed by atoms with Crippen molar-refractivity contribution in [1.29, 1.82) is 0 Å². The molecule has 0 aliphatic carbocycles. The van der Waals surface area contributed by atoms with Crippen molar-refractivity contribution in [2.75, 3.05) is 52.4 Å². The van der Waals surface area contributed by atoms with Crippen LogP contribution in [0.3, 0.4) is 0 Å². The number of rotatable bonds is 8. The highest BCUT2D eigenvalue weighted by Gasteiger charge is 2.27. The average molecular weight is 761 g/mol. The van der Waals surface area contributed by atoms with E-state index in [0.717, 1.165) is 22.3 Å². The number of nitrogens with one attached hydrogen (secondary N) is 4. The van der Waals surface area contributed by atoms with Gasteiger partial charge in [-0.05, 0) is 49.9 Å². The summed E-state index contributed by atoms with van der Waals surface area (Å²) in [6.07, 6.45) is 0. The predicted octanol–water partition coefficient (Wildman–Crippen LogP) is 7.09. The largest absolute Gasteiger partial charge is 0.331 e. The van der Waals surface area contributed by atoms with Crippen LogP contribution in [0.2, 0.25) is 0 Å². The van der Waals surface area contributed by atoms with E-state index in [1.54, 1.807) is 19.6 Å². The summed E-state index contributed by atoms with van der Waals surface area (Å²) in [5.74, 6) is 0. The third-order valence-electron chi connectivity index (χ3n) is 10.3. The van der Waals surface area contributed by atoms with Crippen molar-refractivity contribution in [3.8, 4) is 0 Å². The van der Waals surface area contributed by atoms with Crippen molar-refractivity contribution in [3.05, 3.63) is 144 Å². The number of carbonyl (C=O) groups excluding carboxylic acids is 4. The number of amides is 8. The van der Waals surface area contributed by atoms with E-state index in [-0.39, 0.29) is 101 Å². The Morgan fingerprint density at radius 2 is 0.500 bits per heavy atom. The summed E-state index contributed by atoms with van der Waals surface area (Å²) in [5.41, 5.74) is 3.84. The van der Waals surface area contributed by atoms with Gasteiger partial charge in [0.1, 0.15) is 0 Å². The predicted molar refractivity (Wildman–Crippen MR) is 220 cm³/mol. The van der Waals surface area contributed by atoms with Crippen LogP contribution in [0.5, 0.6) is 0 Å². The lowest BCUT2D eigenvalue weighted by Gasteiger charge is -2.35. The summed E-state index contributed by atoms with van der Waals surface area (Å²) in [4.78, 5) is 62.5. The molecule has 1 aliphatic rings. The van der Waals surface area contributed by atoms with Crippen LogP contribution in [0.1, 0.15) is 74.1 Å². The summed E-state index contributed by atoms with van der Waals surface area (Å²) < 4.78 is 0. The minimum atomic E-state index is -0.301. The second-order valence-corrected chi connectivity index (χ2v) is 14.3. The smallest absolute Gasteiger partial charge is 0.317 e. The van der Waals surface area contributed by atoms with Gasteiger partial charge >= 0.3 is 24.1 Å². The van der Waals surface area contributed by atoms with E-state index in [1.165, 1.54) is 0 Å². The fraction of sp³-hybridized carbons (Fsp3) is 0.364. The first-order valence-electron chi connectivity index (χ1n) is 19.5. The first kappa shape index (κ1) is 41.1. The second kappa shape index (κ2) is 20.6. The van der Waals surface area contributed by atoms with Crippen molar-refractivity contribution in [1.82, 2.24) is 40.9 Å². The summed E-state index contributed by atoms with van der Waals surface area (Å²) >= 11 is 0. The topological polar surface area (TPSA) is 129 Å². The lowest BCUT2D eigenvalue weighted by Crippen LogP contribution is -2.55.